The number of carbonyl (C=O) groups excluding carboxylic acids is 1. The summed E-state index contributed by atoms with van der Waals surface area (Å²) in [5, 5.41) is 17.4. The average molecular weight is 605 g/mol. The van der Waals surface area contributed by atoms with Crippen LogP contribution < -0.4 is 4.74 Å². The number of carboxylic acid groups (broad SMARTS) is 1. The molecule has 6 nitrogen and oxygen atoms in total. The van der Waals surface area contributed by atoms with Gasteiger partial charge in [0.05, 0.1) is 24.3 Å². The summed E-state index contributed by atoms with van der Waals surface area (Å²) >= 11 is 0. The van der Waals surface area contributed by atoms with Crippen molar-refractivity contribution >= 4 is 11.9 Å². The van der Waals surface area contributed by atoms with Gasteiger partial charge in [-0.05, 0) is 73.9 Å². The molecule has 0 unspecified atom stereocenters. The third kappa shape index (κ3) is 9.84. The molecule has 2 aromatic carbocycles. The van der Waals surface area contributed by atoms with E-state index in [2.05, 4.69) is 0 Å². The SMILES string of the molecule is O=C(O)c1ccc(C(F)(F)F)cc1O.O=C(OCC1CCCCC1)c1ccc(C(F)(F)F)cc1OCC1CCCCC1. The zero-order valence-electron chi connectivity index (χ0n) is 22.9. The lowest BCUT2D eigenvalue weighted by Crippen LogP contribution is -2.19. The van der Waals surface area contributed by atoms with Crippen molar-refractivity contribution in [2.24, 2.45) is 11.8 Å². The van der Waals surface area contributed by atoms with Crippen LogP contribution in [0.2, 0.25) is 0 Å². The molecule has 0 heterocycles. The van der Waals surface area contributed by atoms with Gasteiger partial charge in [-0.3, -0.25) is 0 Å². The van der Waals surface area contributed by atoms with Crippen LogP contribution in [-0.4, -0.2) is 35.4 Å². The largest absolute Gasteiger partial charge is 0.507 e. The predicted octanol–water partition coefficient (Wildman–Crippen LogP) is 8.51. The van der Waals surface area contributed by atoms with E-state index in [4.69, 9.17) is 19.7 Å². The Morgan fingerprint density at radius 3 is 1.67 bits per heavy atom. The molecule has 0 aromatic heterocycles. The summed E-state index contributed by atoms with van der Waals surface area (Å²) in [6, 6.07) is 4.72. The van der Waals surface area contributed by atoms with Crippen LogP contribution in [0, 0.1) is 11.8 Å². The smallest absolute Gasteiger partial charge is 0.416 e. The van der Waals surface area contributed by atoms with Crippen LogP contribution >= 0.6 is 0 Å². The van der Waals surface area contributed by atoms with Crippen LogP contribution in [0.1, 0.15) is 96.1 Å². The van der Waals surface area contributed by atoms with Gasteiger partial charge in [-0.2, -0.15) is 26.3 Å². The van der Waals surface area contributed by atoms with Crippen LogP contribution in [0.3, 0.4) is 0 Å². The van der Waals surface area contributed by atoms with Gasteiger partial charge in [-0.15, -0.1) is 0 Å². The Morgan fingerprint density at radius 1 is 0.714 bits per heavy atom. The van der Waals surface area contributed by atoms with Gasteiger partial charge in [0.15, 0.2) is 0 Å². The van der Waals surface area contributed by atoms with Crippen molar-refractivity contribution in [3.63, 3.8) is 0 Å². The maximum atomic E-state index is 13.1. The second-order valence-corrected chi connectivity index (χ2v) is 10.7. The average Bonchev–Trinajstić information content (AvgIpc) is 2.95. The van der Waals surface area contributed by atoms with Gasteiger partial charge in [0.2, 0.25) is 0 Å². The highest BCUT2D eigenvalue weighted by Gasteiger charge is 2.33. The number of phenols is 1. The van der Waals surface area contributed by atoms with E-state index < -0.39 is 46.7 Å². The fourth-order valence-corrected chi connectivity index (χ4v) is 5.06. The summed E-state index contributed by atoms with van der Waals surface area (Å²) in [7, 11) is 0. The monoisotopic (exact) mass is 604 g/mol. The lowest BCUT2D eigenvalue weighted by molar-refractivity contribution is -0.138. The maximum absolute atomic E-state index is 13.1. The quantitative estimate of drug-likeness (QED) is 0.243. The molecule has 0 spiro atoms. The van der Waals surface area contributed by atoms with Crippen molar-refractivity contribution in [3.8, 4) is 11.5 Å². The Bertz CT molecular complexity index is 1200. The van der Waals surface area contributed by atoms with Crippen molar-refractivity contribution in [3.05, 3.63) is 58.7 Å². The number of ether oxygens (including phenoxy) is 2. The van der Waals surface area contributed by atoms with E-state index in [1.807, 2.05) is 0 Å². The third-order valence-electron chi connectivity index (χ3n) is 7.46. The summed E-state index contributed by atoms with van der Waals surface area (Å²) in [6.07, 6.45) is 1.94. The topological polar surface area (TPSA) is 93.1 Å². The molecule has 2 saturated carbocycles. The van der Waals surface area contributed by atoms with Gasteiger partial charge in [0, 0.05) is 0 Å². The number of rotatable bonds is 7. The van der Waals surface area contributed by atoms with Crippen molar-refractivity contribution in [2.45, 2.75) is 76.6 Å². The summed E-state index contributed by atoms with van der Waals surface area (Å²) in [5.41, 5.74) is -2.37. The minimum Gasteiger partial charge on any atom is -0.507 e. The van der Waals surface area contributed by atoms with E-state index in [0.717, 1.165) is 63.5 Å². The Morgan fingerprint density at radius 2 is 1.19 bits per heavy atom. The molecule has 12 heteroatoms. The highest BCUT2D eigenvalue weighted by molar-refractivity contribution is 5.92. The molecule has 0 amide bonds. The minimum atomic E-state index is -4.59. The number of benzene rings is 2. The Kier molecular flexibility index (Phi) is 11.5. The molecule has 2 N–H and O–H groups in total. The van der Waals surface area contributed by atoms with Gasteiger partial charge < -0.3 is 19.7 Å². The summed E-state index contributed by atoms with van der Waals surface area (Å²) < 4.78 is 86.6. The zero-order chi connectivity index (χ0) is 30.9. The number of aromatic hydroxyl groups is 1. The minimum absolute atomic E-state index is 0.0194. The number of alkyl halides is 6. The second-order valence-electron chi connectivity index (χ2n) is 10.7. The van der Waals surface area contributed by atoms with E-state index in [0.29, 0.717) is 43.2 Å². The fraction of sp³-hybridized carbons (Fsp3) is 0.533. The van der Waals surface area contributed by atoms with E-state index in [9.17, 15) is 35.9 Å². The first-order valence-corrected chi connectivity index (χ1v) is 13.9. The summed E-state index contributed by atoms with van der Waals surface area (Å²) in [6.45, 7) is 0.659. The molecule has 0 radical (unpaired) electrons. The molecular formula is C30H34F6O6. The lowest BCUT2D eigenvalue weighted by atomic mass is 9.90. The highest BCUT2D eigenvalue weighted by atomic mass is 19.4. The van der Waals surface area contributed by atoms with Crippen molar-refractivity contribution in [1.82, 2.24) is 0 Å². The molecule has 0 atom stereocenters. The molecule has 0 saturated heterocycles. The number of carboxylic acids is 1. The van der Waals surface area contributed by atoms with Crippen molar-refractivity contribution in [2.75, 3.05) is 13.2 Å². The van der Waals surface area contributed by atoms with Crippen LogP contribution in [0.5, 0.6) is 11.5 Å². The first kappa shape index (κ1) is 33.1. The van der Waals surface area contributed by atoms with E-state index >= 15 is 0 Å². The number of halogens is 6. The molecule has 2 aliphatic rings. The second kappa shape index (κ2) is 14.6. The number of esters is 1. The van der Waals surface area contributed by atoms with Crippen LogP contribution in [0.4, 0.5) is 26.3 Å². The van der Waals surface area contributed by atoms with Crippen LogP contribution in [0.25, 0.3) is 0 Å². The Labute approximate surface area is 239 Å². The fourth-order valence-electron chi connectivity index (χ4n) is 5.06. The standard InChI is InChI=1S/C22H29F3O3.C8H5F3O3/c23-22(24,25)18-11-12-19(21(26)28-15-17-9-5-2-6-10-17)20(13-18)27-14-16-7-3-1-4-8-16;9-8(10,11)4-1-2-5(7(13)14)6(12)3-4/h11-13,16-17H,1-10,14-15H2;1-3,12H,(H,13,14). The first-order chi connectivity index (χ1) is 19.8. The number of aromatic carboxylic acids is 1. The predicted molar refractivity (Wildman–Crippen MR) is 140 cm³/mol. The third-order valence-corrected chi connectivity index (χ3v) is 7.46. The first-order valence-electron chi connectivity index (χ1n) is 13.9. The van der Waals surface area contributed by atoms with E-state index in [1.165, 1.54) is 18.9 Å². The zero-order valence-corrected chi connectivity index (χ0v) is 22.9. The maximum Gasteiger partial charge on any atom is 0.416 e. The van der Waals surface area contributed by atoms with Gasteiger partial charge >= 0.3 is 24.3 Å². The molecule has 2 fully saturated rings. The van der Waals surface area contributed by atoms with Crippen LogP contribution in [0.15, 0.2) is 36.4 Å². The van der Waals surface area contributed by atoms with Gasteiger partial charge in [-0.1, -0.05) is 38.5 Å². The molecule has 2 aromatic rings. The number of hydrogen-bond acceptors (Lipinski definition) is 5. The van der Waals surface area contributed by atoms with Gasteiger partial charge in [0.1, 0.15) is 22.6 Å². The number of carbonyl (C=O) groups is 2. The summed E-state index contributed by atoms with van der Waals surface area (Å²) in [5.74, 6) is -2.32. The lowest BCUT2D eigenvalue weighted by Gasteiger charge is -2.23. The molecule has 0 bridgehead atoms. The Balaban J connectivity index is 0.000000291. The van der Waals surface area contributed by atoms with Crippen molar-refractivity contribution in [1.29, 1.82) is 0 Å². The van der Waals surface area contributed by atoms with Crippen LogP contribution in [-0.2, 0) is 17.1 Å². The summed E-state index contributed by atoms with van der Waals surface area (Å²) in [4.78, 5) is 22.9. The molecule has 4 rings (SSSR count). The molecule has 2 aliphatic carbocycles. The molecule has 0 aliphatic heterocycles. The van der Waals surface area contributed by atoms with E-state index in [-0.39, 0.29) is 11.3 Å². The van der Waals surface area contributed by atoms with Crippen molar-refractivity contribution < 1.29 is 55.6 Å². The Hall–Kier alpha value is -3.44. The van der Waals surface area contributed by atoms with Gasteiger partial charge in [-0.25, -0.2) is 9.59 Å². The molecule has 232 valence electrons. The van der Waals surface area contributed by atoms with E-state index in [1.54, 1.807) is 0 Å². The molecular weight excluding hydrogens is 570 g/mol. The molecule has 42 heavy (non-hydrogen) atoms. The number of hydrogen-bond donors (Lipinski definition) is 2. The van der Waals surface area contributed by atoms with Gasteiger partial charge in [0.25, 0.3) is 0 Å². The normalized spacial score (nSPS) is 16.7. The highest BCUT2D eigenvalue weighted by Crippen LogP contribution is 2.35.